The first-order chi connectivity index (χ1) is 8.75. The van der Waals surface area contributed by atoms with E-state index < -0.39 is 5.97 Å². The molecule has 0 radical (unpaired) electrons. The van der Waals surface area contributed by atoms with E-state index in [0.29, 0.717) is 5.82 Å². The second-order valence-corrected chi connectivity index (χ2v) is 3.68. The van der Waals surface area contributed by atoms with Crippen LogP contribution in [0.15, 0.2) is 42.9 Å². The Bertz CT molecular complexity index is 736. The van der Waals surface area contributed by atoms with Gasteiger partial charge in [0.05, 0.1) is 24.1 Å². The molecule has 6 heteroatoms. The molecule has 88 valence electrons. The number of nitrogens with zero attached hydrogens (tertiary/aromatic N) is 4. The van der Waals surface area contributed by atoms with Crippen molar-refractivity contribution in [2.75, 3.05) is 0 Å². The summed E-state index contributed by atoms with van der Waals surface area (Å²) >= 11 is 0. The first-order valence-electron chi connectivity index (χ1n) is 5.24. The molecule has 3 rings (SSSR count). The number of hydrogen-bond acceptors (Lipinski definition) is 4. The van der Waals surface area contributed by atoms with Crippen molar-refractivity contribution >= 4 is 16.9 Å². The van der Waals surface area contributed by atoms with Crippen molar-refractivity contribution in [3.63, 3.8) is 0 Å². The Labute approximate surface area is 102 Å². The number of aromatic carboxylic acids is 1. The lowest BCUT2D eigenvalue weighted by molar-refractivity contribution is 0.0690. The van der Waals surface area contributed by atoms with Crippen LogP contribution in [0.4, 0.5) is 0 Å². The van der Waals surface area contributed by atoms with Gasteiger partial charge in [0.25, 0.3) is 0 Å². The largest absolute Gasteiger partial charge is 0.476 e. The van der Waals surface area contributed by atoms with Crippen LogP contribution < -0.4 is 0 Å². The number of carbonyl (C=O) groups is 1. The molecule has 1 N–H and O–H groups in total. The summed E-state index contributed by atoms with van der Waals surface area (Å²) in [6, 6.07) is 7.60. The van der Waals surface area contributed by atoms with Crippen LogP contribution in [0.3, 0.4) is 0 Å². The lowest BCUT2D eigenvalue weighted by Gasteiger charge is -2.02. The van der Waals surface area contributed by atoms with Gasteiger partial charge in [-0.3, -0.25) is 4.98 Å². The fourth-order valence-corrected chi connectivity index (χ4v) is 1.72. The Hall–Kier alpha value is -2.76. The molecule has 0 aliphatic carbocycles. The minimum atomic E-state index is -1.11. The Kier molecular flexibility index (Phi) is 2.26. The van der Waals surface area contributed by atoms with Crippen LogP contribution in [0.25, 0.3) is 16.7 Å². The fourth-order valence-electron chi connectivity index (χ4n) is 1.72. The Morgan fingerprint density at radius 2 is 2.00 bits per heavy atom. The molecule has 0 saturated heterocycles. The quantitative estimate of drug-likeness (QED) is 0.734. The van der Waals surface area contributed by atoms with Crippen molar-refractivity contribution in [1.29, 1.82) is 0 Å². The number of hydrogen-bond donors (Lipinski definition) is 1. The molecule has 0 unspecified atom stereocenters. The minimum Gasteiger partial charge on any atom is -0.476 e. The molecule has 18 heavy (non-hydrogen) atoms. The van der Waals surface area contributed by atoms with Gasteiger partial charge in [0.2, 0.25) is 0 Å². The van der Waals surface area contributed by atoms with Crippen molar-refractivity contribution < 1.29 is 9.90 Å². The summed E-state index contributed by atoms with van der Waals surface area (Å²) in [5, 5.41) is 14.0. The molecule has 0 bridgehead atoms. The zero-order chi connectivity index (χ0) is 12.5. The molecule has 0 atom stereocenters. The minimum absolute atomic E-state index is 0.105. The molecule has 0 saturated carbocycles. The first-order valence-corrected chi connectivity index (χ1v) is 5.24. The Balaban J connectivity index is 2.20. The SMILES string of the molecule is O=C(O)c1cncc(-n2ncc3ccccc32)n1. The van der Waals surface area contributed by atoms with E-state index in [9.17, 15) is 4.79 Å². The van der Waals surface area contributed by atoms with Gasteiger partial charge >= 0.3 is 5.97 Å². The van der Waals surface area contributed by atoms with E-state index in [1.165, 1.54) is 12.4 Å². The van der Waals surface area contributed by atoms with Crippen molar-refractivity contribution in [2.45, 2.75) is 0 Å². The molecular weight excluding hydrogens is 232 g/mol. The van der Waals surface area contributed by atoms with Crippen molar-refractivity contribution in [3.8, 4) is 5.82 Å². The summed E-state index contributed by atoms with van der Waals surface area (Å²) in [6.45, 7) is 0. The maximum Gasteiger partial charge on any atom is 0.356 e. The van der Waals surface area contributed by atoms with Crippen LogP contribution in [-0.4, -0.2) is 30.8 Å². The van der Waals surface area contributed by atoms with E-state index >= 15 is 0 Å². The van der Waals surface area contributed by atoms with Gasteiger partial charge in [0.1, 0.15) is 0 Å². The monoisotopic (exact) mass is 240 g/mol. The number of rotatable bonds is 2. The number of aromatic nitrogens is 4. The van der Waals surface area contributed by atoms with Gasteiger partial charge in [-0.15, -0.1) is 0 Å². The van der Waals surface area contributed by atoms with Crippen molar-refractivity contribution in [3.05, 3.63) is 48.5 Å². The average molecular weight is 240 g/mol. The maximum absolute atomic E-state index is 10.9. The van der Waals surface area contributed by atoms with E-state index in [-0.39, 0.29) is 5.69 Å². The van der Waals surface area contributed by atoms with E-state index in [2.05, 4.69) is 15.1 Å². The zero-order valence-corrected chi connectivity index (χ0v) is 9.19. The Morgan fingerprint density at radius 1 is 1.17 bits per heavy atom. The highest BCUT2D eigenvalue weighted by Gasteiger charge is 2.09. The van der Waals surface area contributed by atoms with Gasteiger partial charge in [-0.05, 0) is 6.07 Å². The Morgan fingerprint density at radius 3 is 2.83 bits per heavy atom. The van der Waals surface area contributed by atoms with Gasteiger partial charge in [-0.25, -0.2) is 14.5 Å². The standard InChI is InChI=1S/C12H8N4O2/c17-12(18)9-6-13-7-11(15-9)16-10-4-2-1-3-8(10)5-14-16/h1-7H,(H,17,18). The lowest BCUT2D eigenvalue weighted by atomic mass is 10.3. The highest BCUT2D eigenvalue weighted by Crippen LogP contribution is 2.16. The number of carboxylic acids is 1. The van der Waals surface area contributed by atoms with Crippen LogP contribution in [0.2, 0.25) is 0 Å². The number of para-hydroxylation sites is 1. The van der Waals surface area contributed by atoms with Crippen LogP contribution in [0.5, 0.6) is 0 Å². The normalized spacial score (nSPS) is 10.7. The third kappa shape index (κ3) is 1.60. The highest BCUT2D eigenvalue weighted by atomic mass is 16.4. The summed E-state index contributed by atoms with van der Waals surface area (Å²) in [6.07, 6.45) is 4.38. The summed E-state index contributed by atoms with van der Waals surface area (Å²) in [4.78, 5) is 18.7. The summed E-state index contributed by atoms with van der Waals surface area (Å²) in [7, 11) is 0. The molecule has 2 heterocycles. The van der Waals surface area contributed by atoms with Gasteiger partial charge in [-0.2, -0.15) is 5.10 Å². The van der Waals surface area contributed by atoms with Gasteiger partial charge < -0.3 is 5.11 Å². The number of benzene rings is 1. The molecule has 6 nitrogen and oxygen atoms in total. The fraction of sp³-hybridized carbons (Fsp3) is 0. The first kappa shape index (κ1) is 10.4. The molecule has 1 aromatic carbocycles. The maximum atomic E-state index is 10.9. The van der Waals surface area contributed by atoms with Crippen LogP contribution in [0.1, 0.15) is 10.5 Å². The predicted octanol–water partition coefficient (Wildman–Crippen LogP) is 1.51. The third-order valence-electron chi connectivity index (χ3n) is 2.54. The van der Waals surface area contributed by atoms with Gasteiger partial charge in [0.15, 0.2) is 11.5 Å². The predicted molar refractivity (Wildman–Crippen MR) is 63.6 cm³/mol. The van der Waals surface area contributed by atoms with E-state index in [0.717, 1.165) is 10.9 Å². The second-order valence-electron chi connectivity index (χ2n) is 3.68. The van der Waals surface area contributed by atoms with E-state index in [4.69, 9.17) is 5.11 Å². The van der Waals surface area contributed by atoms with Crippen molar-refractivity contribution in [2.24, 2.45) is 0 Å². The molecular formula is C12H8N4O2. The van der Waals surface area contributed by atoms with Crippen molar-refractivity contribution in [1.82, 2.24) is 19.7 Å². The number of fused-ring (bicyclic) bond motifs is 1. The smallest absolute Gasteiger partial charge is 0.356 e. The molecule has 2 aromatic heterocycles. The van der Waals surface area contributed by atoms with Gasteiger partial charge in [0, 0.05) is 5.39 Å². The summed E-state index contributed by atoms with van der Waals surface area (Å²) in [5.41, 5.74) is 0.751. The van der Waals surface area contributed by atoms with E-state index in [1.54, 1.807) is 10.9 Å². The summed E-state index contributed by atoms with van der Waals surface area (Å²) < 4.78 is 1.56. The van der Waals surface area contributed by atoms with Crippen LogP contribution >= 0.6 is 0 Å². The molecule has 3 aromatic rings. The second kappa shape index (κ2) is 3.92. The molecule has 0 aliphatic heterocycles. The number of carboxylic acid groups (broad SMARTS) is 1. The third-order valence-corrected chi connectivity index (χ3v) is 2.54. The summed E-state index contributed by atoms with van der Waals surface area (Å²) in [5.74, 6) is -0.725. The molecule has 0 spiro atoms. The molecule has 0 amide bonds. The molecule has 0 aliphatic rings. The highest BCUT2D eigenvalue weighted by molar-refractivity contribution is 5.85. The zero-order valence-electron chi connectivity index (χ0n) is 9.19. The van der Waals surface area contributed by atoms with Crippen LogP contribution in [0, 0.1) is 0 Å². The molecule has 0 fully saturated rings. The lowest BCUT2D eigenvalue weighted by Crippen LogP contribution is -2.06. The van der Waals surface area contributed by atoms with E-state index in [1.807, 2.05) is 24.3 Å². The average Bonchev–Trinajstić information content (AvgIpc) is 2.82. The van der Waals surface area contributed by atoms with Gasteiger partial charge in [-0.1, -0.05) is 18.2 Å². The van der Waals surface area contributed by atoms with Crippen LogP contribution in [-0.2, 0) is 0 Å². The topological polar surface area (TPSA) is 80.9 Å².